The fraction of sp³-hybridized carbons (Fsp3) is 0.417. The Bertz CT molecular complexity index is 556. The Morgan fingerprint density at radius 3 is 2.94 bits per heavy atom. The summed E-state index contributed by atoms with van der Waals surface area (Å²) in [6, 6.07) is 1.51. The fourth-order valence-electron chi connectivity index (χ4n) is 1.67. The van der Waals surface area contributed by atoms with Crippen LogP contribution < -0.4 is 5.56 Å². The maximum atomic E-state index is 11.5. The predicted octanol–water partition coefficient (Wildman–Crippen LogP) is 1.51. The van der Waals surface area contributed by atoms with E-state index in [0.717, 1.165) is 30.7 Å². The van der Waals surface area contributed by atoms with Crippen molar-refractivity contribution in [1.82, 2.24) is 19.7 Å². The second-order valence-electron chi connectivity index (χ2n) is 4.08. The lowest BCUT2D eigenvalue weighted by Crippen LogP contribution is -2.11. The predicted molar refractivity (Wildman–Crippen MR) is 65.7 cm³/mol. The summed E-state index contributed by atoms with van der Waals surface area (Å²) in [7, 11) is 1.84. The van der Waals surface area contributed by atoms with E-state index in [1.54, 1.807) is 10.9 Å². The number of aromatic amines is 1. The minimum atomic E-state index is -0.107. The zero-order valence-electron chi connectivity index (χ0n) is 10.1. The minimum absolute atomic E-state index is 0.107. The van der Waals surface area contributed by atoms with Gasteiger partial charge < -0.3 is 4.98 Å². The number of unbranched alkanes of at least 4 members (excludes halogenated alkanes) is 1. The minimum Gasteiger partial charge on any atom is -0.311 e. The first-order valence-corrected chi connectivity index (χ1v) is 5.78. The summed E-state index contributed by atoms with van der Waals surface area (Å²) in [5.74, 6) is 0.748. The highest BCUT2D eigenvalue weighted by atomic mass is 16.1. The molecule has 2 aromatic heterocycles. The van der Waals surface area contributed by atoms with E-state index in [1.165, 1.54) is 6.07 Å². The molecule has 90 valence electrons. The van der Waals surface area contributed by atoms with Crippen LogP contribution in [0.5, 0.6) is 0 Å². The molecule has 0 aromatic carbocycles. The molecule has 0 aliphatic heterocycles. The third-order valence-corrected chi connectivity index (χ3v) is 2.56. The van der Waals surface area contributed by atoms with Crippen LogP contribution in [-0.4, -0.2) is 19.7 Å². The molecule has 2 aromatic rings. The summed E-state index contributed by atoms with van der Waals surface area (Å²) in [6.45, 7) is 2.11. The van der Waals surface area contributed by atoms with Crippen LogP contribution in [0.4, 0.5) is 0 Å². The third kappa shape index (κ3) is 2.81. The second-order valence-corrected chi connectivity index (χ2v) is 4.08. The highest BCUT2D eigenvalue weighted by Gasteiger charge is 2.05. The maximum Gasteiger partial charge on any atom is 0.251 e. The smallest absolute Gasteiger partial charge is 0.251 e. The summed E-state index contributed by atoms with van der Waals surface area (Å²) in [5.41, 5.74) is 1.45. The molecule has 0 radical (unpaired) electrons. The number of nitrogens with one attached hydrogen (secondary N) is 1. The summed E-state index contributed by atoms with van der Waals surface area (Å²) < 4.78 is 1.70. The average Bonchev–Trinajstić information content (AvgIpc) is 2.72. The van der Waals surface area contributed by atoms with E-state index < -0.39 is 0 Å². The molecule has 0 atom stereocenters. The molecule has 0 spiro atoms. The van der Waals surface area contributed by atoms with E-state index in [1.807, 2.05) is 13.2 Å². The molecule has 1 N–H and O–H groups in total. The van der Waals surface area contributed by atoms with Gasteiger partial charge in [0.15, 0.2) is 0 Å². The number of aryl methyl sites for hydroxylation is 2. The fourth-order valence-corrected chi connectivity index (χ4v) is 1.67. The second kappa shape index (κ2) is 4.95. The van der Waals surface area contributed by atoms with Crippen molar-refractivity contribution >= 4 is 0 Å². The summed E-state index contributed by atoms with van der Waals surface area (Å²) >= 11 is 0. The number of H-pyrrole nitrogens is 1. The summed E-state index contributed by atoms with van der Waals surface area (Å²) in [6.07, 6.45) is 6.48. The van der Waals surface area contributed by atoms with E-state index in [9.17, 15) is 4.79 Å². The molecular formula is C12H16N4O. The average molecular weight is 232 g/mol. The van der Waals surface area contributed by atoms with Crippen LogP contribution >= 0.6 is 0 Å². The van der Waals surface area contributed by atoms with Gasteiger partial charge in [0.1, 0.15) is 5.82 Å². The van der Waals surface area contributed by atoms with Crippen molar-refractivity contribution in [2.45, 2.75) is 26.2 Å². The van der Waals surface area contributed by atoms with E-state index in [2.05, 4.69) is 22.0 Å². The lowest BCUT2D eigenvalue weighted by Gasteiger charge is -2.01. The zero-order chi connectivity index (χ0) is 12.3. The van der Waals surface area contributed by atoms with Crippen LogP contribution in [0.1, 0.15) is 25.6 Å². The Balaban J connectivity index is 2.34. The summed E-state index contributed by atoms with van der Waals surface area (Å²) in [5, 5.41) is 4.08. The Labute approximate surface area is 99.5 Å². The molecule has 2 heterocycles. The third-order valence-electron chi connectivity index (χ3n) is 2.56. The van der Waals surface area contributed by atoms with E-state index in [0.29, 0.717) is 5.69 Å². The molecule has 0 amide bonds. The van der Waals surface area contributed by atoms with Gasteiger partial charge in [-0.25, -0.2) is 4.98 Å². The van der Waals surface area contributed by atoms with Crippen LogP contribution in [0.2, 0.25) is 0 Å². The van der Waals surface area contributed by atoms with Crippen molar-refractivity contribution in [3.8, 4) is 11.3 Å². The first-order chi connectivity index (χ1) is 8.19. The Hall–Kier alpha value is -1.91. The molecular weight excluding hydrogens is 216 g/mol. The Kier molecular flexibility index (Phi) is 3.37. The first-order valence-electron chi connectivity index (χ1n) is 5.78. The molecule has 5 heteroatoms. The van der Waals surface area contributed by atoms with Gasteiger partial charge in [0.25, 0.3) is 5.56 Å². The number of nitrogens with zero attached hydrogens (tertiary/aromatic N) is 3. The largest absolute Gasteiger partial charge is 0.311 e. The van der Waals surface area contributed by atoms with Crippen molar-refractivity contribution in [2.24, 2.45) is 7.05 Å². The van der Waals surface area contributed by atoms with Gasteiger partial charge in [-0.1, -0.05) is 13.3 Å². The highest BCUT2D eigenvalue weighted by Crippen LogP contribution is 2.13. The van der Waals surface area contributed by atoms with Gasteiger partial charge in [-0.05, 0) is 6.42 Å². The lowest BCUT2D eigenvalue weighted by atomic mass is 10.2. The number of hydrogen-bond donors (Lipinski definition) is 1. The number of rotatable bonds is 4. The van der Waals surface area contributed by atoms with Gasteiger partial charge in [-0.15, -0.1) is 0 Å². The zero-order valence-corrected chi connectivity index (χ0v) is 10.1. The van der Waals surface area contributed by atoms with Gasteiger partial charge in [-0.2, -0.15) is 5.10 Å². The maximum absolute atomic E-state index is 11.5. The van der Waals surface area contributed by atoms with Crippen LogP contribution in [0.15, 0.2) is 23.3 Å². The van der Waals surface area contributed by atoms with Crippen LogP contribution in [-0.2, 0) is 13.5 Å². The molecule has 17 heavy (non-hydrogen) atoms. The van der Waals surface area contributed by atoms with Crippen molar-refractivity contribution in [2.75, 3.05) is 0 Å². The van der Waals surface area contributed by atoms with Gasteiger partial charge in [0.05, 0.1) is 11.9 Å². The molecule has 0 saturated heterocycles. The Morgan fingerprint density at radius 1 is 1.47 bits per heavy atom. The number of aromatic nitrogens is 4. The molecule has 2 rings (SSSR count). The van der Waals surface area contributed by atoms with Gasteiger partial charge in [0.2, 0.25) is 0 Å². The van der Waals surface area contributed by atoms with Crippen molar-refractivity contribution in [1.29, 1.82) is 0 Å². The summed E-state index contributed by atoms with van der Waals surface area (Å²) in [4.78, 5) is 18.7. The molecule has 0 aliphatic rings. The first kappa shape index (κ1) is 11.6. The van der Waals surface area contributed by atoms with Crippen LogP contribution in [0.25, 0.3) is 11.3 Å². The van der Waals surface area contributed by atoms with E-state index >= 15 is 0 Å². The lowest BCUT2D eigenvalue weighted by molar-refractivity contribution is 0.749. The number of hydrogen-bond acceptors (Lipinski definition) is 3. The molecule has 0 aliphatic carbocycles. The standard InChI is InChI=1S/C12H16N4O/c1-3-4-5-11-14-10(6-12(17)15-11)9-7-13-16(2)8-9/h6-8H,3-5H2,1-2H3,(H,14,15,17). The monoisotopic (exact) mass is 232 g/mol. The van der Waals surface area contributed by atoms with Gasteiger partial charge >= 0.3 is 0 Å². The molecule has 5 nitrogen and oxygen atoms in total. The Morgan fingerprint density at radius 2 is 2.29 bits per heavy atom. The van der Waals surface area contributed by atoms with Crippen molar-refractivity contribution < 1.29 is 0 Å². The molecule has 0 bridgehead atoms. The van der Waals surface area contributed by atoms with Crippen molar-refractivity contribution in [3.05, 3.63) is 34.6 Å². The SMILES string of the molecule is CCCCc1nc(-c2cnn(C)c2)cc(=O)[nH]1. The normalized spacial score (nSPS) is 10.7. The van der Waals surface area contributed by atoms with E-state index in [4.69, 9.17) is 0 Å². The van der Waals surface area contributed by atoms with Gasteiger partial charge in [0, 0.05) is 31.3 Å². The molecule has 0 saturated carbocycles. The quantitative estimate of drug-likeness (QED) is 0.869. The molecule has 0 fully saturated rings. The van der Waals surface area contributed by atoms with Crippen LogP contribution in [0.3, 0.4) is 0 Å². The van der Waals surface area contributed by atoms with E-state index in [-0.39, 0.29) is 5.56 Å². The van der Waals surface area contributed by atoms with Crippen molar-refractivity contribution in [3.63, 3.8) is 0 Å². The van der Waals surface area contributed by atoms with Gasteiger partial charge in [-0.3, -0.25) is 9.48 Å². The highest BCUT2D eigenvalue weighted by molar-refractivity contribution is 5.56. The van der Waals surface area contributed by atoms with Crippen LogP contribution in [0, 0.1) is 0 Å². The molecule has 0 unspecified atom stereocenters. The topological polar surface area (TPSA) is 63.6 Å².